The molecule has 0 aliphatic carbocycles. The lowest BCUT2D eigenvalue weighted by molar-refractivity contribution is 0.375. The number of benzene rings is 1. The van der Waals surface area contributed by atoms with Gasteiger partial charge in [-0.1, -0.05) is 0 Å². The largest absolute Gasteiger partial charge is 0.495 e. The molecule has 2 aromatic rings. The normalized spacial score (nSPS) is 14.4. The van der Waals surface area contributed by atoms with Crippen molar-refractivity contribution in [2.75, 3.05) is 32.2 Å². The van der Waals surface area contributed by atoms with Gasteiger partial charge >= 0.3 is 6.01 Å². The fourth-order valence-corrected chi connectivity index (χ4v) is 3.87. The zero-order chi connectivity index (χ0) is 19.4. The molecule has 0 radical (unpaired) electrons. The number of sulfonamides is 1. The maximum Gasteiger partial charge on any atom is 0.321 e. The summed E-state index contributed by atoms with van der Waals surface area (Å²) in [4.78, 5) is 14.3. The zero-order valence-corrected chi connectivity index (χ0v) is 15.8. The quantitative estimate of drug-likeness (QED) is 0.740. The van der Waals surface area contributed by atoms with Crippen LogP contribution in [0.15, 0.2) is 23.1 Å². The standard InChI is InChI=1S/C16H20FN5O4S/c1-25-12-6-5-11(17)9-13(12)27(23,24)18-10-14-19-15(21-16(20-14)26-2)22-7-3-4-8-22/h5-6,9,18H,3-4,7-8,10H2,1-2H3. The number of methoxy groups -OCH3 is 2. The fourth-order valence-electron chi connectivity index (χ4n) is 2.71. The molecule has 3 rings (SSSR count). The van der Waals surface area contributed by atoms with E-state index < -0.39 is 15.8 Å². The van der Waals surface area contributed by atoms with Crippen molar-refractivity contribution >= 4 is 16.0 Å². The van der Waals surface area contributed by atoms with Gasteiger partial charge in [0.1, 0.15) is 16.5 Å². The van der Waals surface area contributed by atoms with E-state index >= 15 is 0 Å². The minimum atomic E-state index is -4.05. The van der Waals surface area contributed by atoms with Crippen LogP contribution in [-0.2, 0) is 16.6 Å². The molecule has 0 saturated carbocycles. The Morgan fingerprint density at radius 3 is 2.56 bits per heavy atom. The van der Waals surface area contributed by atoms with Crippen molar-refractivity contribution in [3.8, 4) is 11.8 Å². The molecule has 1 aliphatic heterocycles. The summed E-state index contributed by atoms with van der Waals surface area (Å²) in [6.07, 6.45) is 2.07. The molecular weight excluding hydrogens is 377 g/mol. The first kappa shape index (κ1) is 19.2. The second-order valence-electron chi connectivity index (χ2n) is 5.85. The first-order valence-corrected chi connectivity index (χ1v) is 9.78. The van der Waals surface area contributed by atoms with Crippen LogP contribution >= 0.6 is 0 Å². The third-order valence-electron chi connectivity index (χ3n) is 4.06. The summed E-state index contributed by atoms with van der Waals surface area (Å²) in [6, 6.07) is 3.37. The van der Waals surface area contributed by atoms with Crippen LogP contribution in [0.1, 0.15) is 18.7 Å². The molecule has 1 aromatic heterocycles. The number of anilines is 1. The van der Waals surface area contributed by atoms with Crippen molar-refractivity contribution in [2.24, 2.45) is 0 Å². The molecule has 9 nitrogen and oxygen atoms in total. The van der Waals surface area contributed by atoms with Gasteiger partial charge in [-0.2, -0.15) is 15.0 Å². The molecule has 1 aliphatic rings. The highest BCUT2D eigenvalue weighted by Gasteiger charge is 2.22. The number of hydrogen-bond donors (Lipinski definition) is 1. The van der Waals surface area contributed by atoms with Gasteiger partial charge in [-0.15, -0.1) is 0 Å². The third kappa shape index (κ3) is 4.42. The fraction of sp³-hybridized carbons (Fsp3) is 0.438. The Hall–Kier alpha value is -2.53. The molecule has 0 atom stereocenters. The highest BCUT2D eigenvalue weighted by Crippen LogP contribution is 2.24. The minimum Gasteiger partial charge on any atom is -0.495 e. The lowest BCUT2D eigenvalue weighted by Gasteiger charge is -2.16. The summed E-state index contributed by atoms with van der Waals surface area (Å²) in [6.45, 7) is 1.43. The van der Waals surface area contributed by atoms with Crippen LogP contribution in [0.3, 0.4) is 0 Å². The SMILES string of the molecule is COc1nc(CNS(=O)(=O)c2cc(F)ccc2OC)nc(N2CCCC2)n1. The van der Waals surface area contributed by atoms with Crippen LogP contribution in [0.5, 0.6) is 11.8 Å². The summed E-state index contributed by atoms with van der Waals surface area (Å²) in [7, 11) is -1.31. The van der Waals surface area contributed by atoms with Gasteiger partial charge in [-0.05, 0) is 31.0 Å². The van der Waals surface area contributed by atoms with Gasteiger partial charge in [0.25, 0.3) is 0 Å². The molecular formula is C16H20FN5O4S. The van der Waals surface area contributed by atoms with E-state index in [1.54, 1.807) is 0 Å². The second kappa shape index (κ2) is 8.01. The maximum atomic E-state index is 13.5. The molecule has 1 aromatic carbocycles. The van der Waals surface area contributed by atoms with Crippen LogP contribution in [-0.4, -0.2) is 50.7 Å². The summed E-state index contributed by atoms with van der Waals surface area (Å²) in [5, 5.41) is 0. The van der Waals surface area contributed by atoms with Crippen molar-refractivity contribution in [2.45, 2.75) is 24.3 Å². The molecule has 0 spiro atoms. The minimum absolute atomic E-state index is 0.0369. The van der Waals surface area contributed by atoms with Crippen molar-refractivity contribution in [1.29, 1.82) is 0 Å². The van der Waals surface area contributed by atoms with Crippen LogP contribution in [0.2, 0.25) is 0 Å². The Balaban J connectivity index is 1.83. The zero-order valence-electron chi connectivity index (χ0n) is 15.0. The third-order valence-corrected chi connectivity index (χ3v) is 5.48. The average molecular weight is 397 g/mol. The van der Waals surface area contributed by atoms with Gasteiger partial charge in [-0.3, -0.25) is 0 Å². The maximum absolute atomic E-state index is 13.5. The van der Waals surface area contributed by atoms with Crippen LogP contribution in [0.4, 0.5) is 10.3 Å². The number of rotatable bonds is 7. The lowest BCUT2D eigenvalue weighted by Crippen LogP contribution is -2.27. The molecule has 146 valence electrons. The molecule has 11 heteroatoms. The molecule has 1 saturated heterocycles. The van der Waals surface area contributed by atoms with Gasteiger partial charge in [0.2, 0.25) is 16.0 Å². The highest BCUT2D eigenvalue weighted by molar-refractivity contribution is 7.89. The number of nitrogens with one attached hydrogen (secondary N) is 1. The van der Waals surface area contributed by atoms with E-state index in [0.29, 0.717) is 5.95 Å². The van der Waals surface area contributed by atoms with Crippen molar-refractivity contribution in [3.63, 3.8) is 0 Å². The van der Waals surface area contributed by atoms with Crippen molar-refractivity contribution < 1.29 is 22.3 Å². The Labute approximate surface area is 156 Å². The summed E-state index contributed by atoms with van der Waals surface area (Å²) in [5.74, 6) is -0.0104. The summed E-state index contributed by atoms with van der Waals surface area (Å²) < 4.78 is 51.1. The van der Waals surface area contributed by atoms with E-state index in [9.17, 15) is 12.8 Å². The van der Waals surface area contributed by atoms with Gasteiger partial charge in [-0.25, -0.2) is 17.5 Å². The molecule has 0 amide bonds. The Bertz CT molecular complexity index is 919. The van der Waals surface area contributed by atoms with E-state index in [-0.39, 0.29) is 29.0 Å². The number of ether oxygens (including phenoxy) is 2. The van der Waals surface area contributed by atoms with E-state index in [1.165, 1.54) is 20.3 Å². The lowest BCUT2D eigenvalue weighted by atomic mass is 10.3. The topological polar surface area (TPSA) is 107 Å². The smallest absolute Gasteiger partial charge is 0.321 e. The van der Waals surface area contributed by atoms with Gasteiger partial charge in [0.15, 0.2) is 5.82 Å². The average Bonchev–Trinajstić information content (AvgIpc) is 3.21. The van der Waals surface area contributed by atoms with Crippen LogP contribution in [0, 0.1) is 5.82 Å². The Morgan fingerprint density at radius 2 is 1.89 bits per heavy atom. The molecule has 1 N–H and O–H groups in total. The molecule has 0 bridgehead atoms. The summed E-state index contributed by atoms with van der Waals surface area (Å²) >= 11 is 0. The van der Waals surface area contributed by atoms with Gasteiger partial charge < -0.3 is 14.4 Å². The van der Waals surface area contributed by atoms with Crippen LogP contribution < -0.4 is 19.1 Å². The monoisotopic (exact) mass is 397 g/mol. The second-order valence-corrected chi connectivity index (χ2v) is 7.59. The van der Waals surface area contributed by atoms with E-state index in [0.717, 1.165) is 38.1 Å². The Kier molecular flexibility index (Phi) is 5.71. The first-order chi connectivity index (χ1) is 12.9. The van der Waals surface area contributed by atoms with E-state index in [4.69, 9.17) is 9.47 Å². The molecule has 0 unspecified atom stereocenters. The summed E-state index contributed by atoms with van der Waals surface area (Å²) in [5.41, 5.74) is 0. The molecule has 2 heterocycles. The number of nitrogens with zero attached hydrogens (tertiary/aromatic N) is 4. The van der Waals surface area contributed by atoms with Crippen molar-refractivity contribution in [3.05, 3.63) is 29.8 Å². The predicted octanol–water partition coefficient (Wildman–Crippen LogP) is 1.11. The number of hydrogen-bond acceptors (Lipinski definition) is 8. The highest BCUT2D eigenvalue weighted by atomic mass is 32.2. The van der Waals surface area contributed by atoms with E-state index in [1.807, 2.05) is 4.90 Å². The predicted molar refractivity (Wildman–Crippen MR) is 94.8 cm³/mol. The van der Waals surface area contributed by atoms with Gasteiger partial charge in [0, 0.05) is 13.1 Å². The van der Waals surface area contributed by atoms with Gasteiger partial charge in [0.05, 0.1) is 20.8 Å². The molecule has 1 fully saturated rings. The first-order valence-electron chi connectivity index (χ1n) is 8.30. The van der Waals surface area contributed by atoms with E-state index in [2.05, 4.69) is 19.7 Å². The number of aromatic nitrogens is 3. The number of halogens is 1. The molecule has 27 heavy (non-hydrogen) atoms. The Morgan fingerprint density at radius 1 is 1.15 bits per heavy atom. The van der Waals surface area contributed by atoms with Crippen molar-refractivity contribution in [1.82, 2.24) is 19.7 Å². The van der Waals surface area contributed by atoms with Crippen LogP contribution in [0.25, 0.3) is 0 Å².